The van der Waals surface area contributed by atoms with Crippen molar-refractivity contribution in [2.75, 3.05) is 6.54 Å². The van der Waals surface area contributed by atoms with Crippen LogP contribution in [0.1, 0.15) is 35.7 Å². The second kappa shape index (κ2) is 4.84. The zero-order chi connectivity index (χ0) is 15.1. The smallest absolute Gasteiger partial charge is 0.339 e. The van der Waals surface area contributed by atoms with Crippen LogP contribution in [0.25, 0.3) is 0 Å². The lowest BCUT2D eigenvalue weighted by atomic mass is 10.1. The van der Waals surface area contributed by atoms with Gasteiger partial charge in [0.05, 0.1) is 11.0 Å². The second-order valence-corrected chi connectivity index (χ2v) is 5.38. The molecule has 21 heavy (non-hydrogen) atoms. The minimum atomic E-state index is -4.35. The van der Waals surface area contributed by atoms with Crippen molar-refractivity contribution in [3.05, 3.63) is 47.1 Å². The van der Waals surface area contributed by atoms with E-state index in [1.54, 1.807) is 6.07 Å². The van der Waals surface area contributed by atoms with Crippen LogP contribution in [-0.2, 0) is 18.0 Å². The normalized spacial score (nSPS) is 17.0. The summed E-state index contributed by atoms with van der Waals surface area (Å²) in [6.07, 6.45) is -2.33. The highest BCUT2D eigenvalue weighted by molar-refractivity contribution is 5.28. The molecule has 1 saturated carbocycles. The largest absolute Gasteiger partial charge is 0.416 e. The first kappa shape index (κ1) is 14.1. The predicted molar refractivity (Wildman–Crippen MR) is 68.5 cm³/mol. The lowest BCUT2D eigenvalue weighted by Crippen LogP contribution is -2.20. The summed E-state index contributed by atoms with van der Waals surface area (Å²) in [5.74, 6) is 0.871. The van der Waals surface area contributed by atoms with Crippen LogP contribution in [0.4, 0.5) is 13.2 Å². The number of hydrogen-bond acceptors (Lipinski definition) is 4. The van der Waals surface area contributed by atoms with Crippen molar-refractivity contribution < 1.29 is 17.7 Å². The standard InChI is InChI=1S/C14H14F3N3O/c15-14(16,17)10-3-1-2-9(6-10)7-11-19-12(21-20-11)13(8-18)4-5-13/h1-3,6H,4-5,7-8,18H2. The highest BCUT2D eigenvalue weighted by Crippen LogP contribution is 2.46. The second-order valence-electron chi connectivity index (χ2n) is 5.38. The van der Waals surface area contributed by atoms with Crippen molar-refractivity contribution in [1.29, 1.82) is 0 Å². The van der Waals surface area contributed by atoms with Gasteiger partial charge in [0.25, 0.3) is 0 Å². The first-order valence-corrected chi connectivity index (χ1v) is 6.62. The molecular weight excluding hydrogens is 283 g/mol. The van der Waals surface area contributed by atoms with E-state index in [0.29, 0.717) is 23.8 Å². The SMILES string of the molecule is NCC1(c2nc(Cc3cccc(C(F)(F)F)c3)no2)CC1. The van der Waals surface area contributed by atoms with Gasteiger partial charge in [-0.1, -0.05) is 23.4 Å². The van der Waals surface area contributed by atoms with Crippen LogP contribution in [0, 0.1) is 0 Å². The lowest BCUT2D eigenvalue weighted by Gasteiger charge is -2.07. The Bertz CT molecular complexity index is 647. The predicted octanol–water partition coefficient (Wildman–Crippen LogP) is 2.67. The first-order valence-electron chi connectivity index (χ1n) is 6.62. The van der Waals surface area contributed by atoms with Crippen LogP contribution in [0.2, 0.25) is 0 Å². The third-order valence-electron chi connectivity index (χ3n) is 3.78. The van der Waals surface area contributed by atoms with Crippen LogP contribution >= 0.6 is 0 Å². The van der Waals surface area contributed by atoms with Crippen LogP contribution < -0.4 is 5.73 Å². The first-order chi connectivity index (χ1) is 9.93. The Morgan fingerprint density at radius 1 is 1.29 bits per heavy atom. The van der Waals surface area contributed by atoms with E-state index in [0.717, 1.165) is 25.0 Å². The number of alkyl halides is 3. The molecule has 1 aromatic heterocycles. The molecule has 0 amide bonds. The molecule has 0 saturated heterocycles. The Labute approximate surface area is 119 Å². The van der Waals surface area contributed by atoms with Crippen LogP contribution in [0.15, 0.2) is 28.8 Å². The van der Waals surface area contributed by atoms with E-state index in [4.69, 9.17) is 10.3 Å². The summed E-state index contributed by atoms with van der Waals surface area (Å²) in [5.41, 5.74) is 5.29. The van der Waals surface area contributed by atoms with Gasteiger partial charge in [-0.05, 0) is 24.5 Å². The fourth-order valence-electron chi connectivity index (χ4n) is 2.24. The van der Waals surface area contributed by atoms with Gasteiger partial charge in [0.1, 0.15) is 0 Å². The summed E-state index contributed by atoms with van der Waals surface area (Å²) in [6, 6.07) is 5.13. The van der Waals surface area contributed by atoms with E-state index in [2.05, 4.69) is 10.1 Å². The third-order valence-corrected chi connectivity index (χ3v) is 3.78. The Hall–Kier alpha value is -1.89. The van der Waals surface area contributed by atoms with Crippen LogP contribution in [0.3, 0.4) is 0 Å². The molecule has 1 heterocycles. The molecule has 4 nitrogen and oxygen atoms in total. The van der Waals surface area contributed by atoms with Gasteiger partial charge in [-0.15, -0.1) is 0 Å². The van der Waals surface area contributed by atoms with Gasteiger partial charge in [0, 0.05) is 13.0 Å². The number of nitrogens with two attached hydrogens (primary N) is 1. The molecule has 1 fully saturated rings. The van der Waals surface area contributed by atoms with E-state index in [-0.39, 0.29) is 11.8 Å². The molecule has 0 aliphatic heterocycles. The molecule has 0 spiro atoms. The molecule has 1 aliphatic rings. The lowest BCUT2D eigenvalue weighted by molar-refractivity contribution is -0.137. The summed E-state index contributed by atoms with van der Waals surface area (Å²) in [6.45, 7) is 0.443. The van der Waals surface area contributed by atoms with Gasteiger partial charge in [-0.2, -0.15) is 18.2 Å². The molecule has 1 aromatic carbocycles. The quantitative estimate of drug-likeness (QED) is 0.942. The molecule has 0 atom stereocenters. The van der Waals surface area contributed by atoms with Gasteiger partial charge >= 0.3 is 6.18 Å². The minimum absolute atomic E-state index is 0.202. The maximum absolute atomic E-state index is 12.7. The monoisotopic (exact) mass is 297 g/mol. The van der Waals surface area contributed by atoms with Gasteiger partial charge in [-0.3, -0.25) is 0 Å². The van der Waals surface area contributed by atoms with E-state index >= 15 is 0 Å². The van der Waals surface area contributed by atoms with Gasteiger partial charge in [-0.25, -0.2) is 0 Å². The Morgan fingerprint density at radius 3 is 2.67 bits per heavy atom. The van der Waals surface area contributed by atoms with Gasteiger partial charge in [0.2, 0.25) is 5.89 Å². The van der Waals surface area contributed by atoms with Gasteiger partial charge < -0.3 is 10.3 Å². The number of rotatable bonds is 4. The highest BCUT2D eigenvalue weighted by atomic mass is 19.4. The summed E-state index contributed by atoms with van der Waals surface area (Å²) in [7, 11) is 0. The zero-order valence-corrected chi connectivity index (χ0v) is 11.2. The van der Waals surface area contributed by atoms with Crippen LogP contribution in [-0.4, -0.2) is 16.7 Å². The zero-order valence-electron chi connectivity index (χ0n) is 11.2. The average Bonchev–Trinajstić information content (AvgIpc) is 3.11. The minimum Gasteiger partial charge on any atom is -0.339 e. The summed E-state index contributed by atoms with van der Waals surface area (Å²) in [4.78, 5) is 4.26. The molecule has 0 unspecified atom stereocenters. The van der Waals surface area contributed by atoms with E-state index in [9.17, 15) is 13.2 Å². The fraction of sp³-hybridized carbons (Fsp3) is 0.429. The molecule has 1 aliphatic carbocycles. The maximum Gasteiger partial charge on any atom is 0.416 e. The van der Waals surface area contributed by atoms with E-state index in [1.807, 2.05) is 0 Å². The molecule has 0 bridgehead atoms. The van der Waals surface area contributed by atoms with Crippen molar-refractivity contribution in [3.63, 3.8) is 0 Å². The molecular formula is C14H14F3N3O. The molecule has 3 rings (SSSR count). The number of halogens is 3. The highest BCUT2D eigenvalue weighted by Gasteiger charge is 2.48. The van der Waals surface area contributed by atoms with Crippen molar-refractivity contribution in [2.45, 2.75) is 30.9 Å². The molecule has 2 N–H and O–H groups in total. The molecule has 0 radical (unpaired) electrons. The van der Waals surface area contributed by atoms with Gasteiger partial charge in [0.15, 0.2) is 5.82 Å². The van der Waals surface area contributed by atoms with Crippen molar-refractivity contribution >= 4 is 0 Å². The molecule has 2 aromatic rings. The van der Waals surface area contributed by atoms with Crippen molar-refractivity contribution in [1.82, 2.24) is 10.1 Å². The third kappa shape index (κ3) is 2.78. The number of benzene rings is 1. The number of aromatic nitrogens is 2. The average molecular weight is 297 g/mol. The van der Waals surface area contributed by atoms with E-state index < -0.39 is 11.7 Å². The number of hydrogen-bond donors (Lipinski definition) is 1. The van der Waals surface area contributed by atoms with E-state index in [1.165, 1.54) is 6.07 Å². The van der Waals surface area contributed by atoms with Crippen molar-refractivity contribution in [2.24, 2.45) is 5.73 Å². The van der Waals surface area contributed by atoms with Crippen molar-refractivity contribution in [3.8, 4) is 0 Å². The summed E-state index contributed by atoms with van der Waals surface area (Å²) < 4.78 is 43.2. The number of nitrogens with zero attached hydrogens (tertiary/aromatic N) is 2. The Morgan fingerprint density at radius 2 is 2.05 bits per heavy atom. The van der Waals surface area contributed by atoms with Crippen LogP contribution in [0.5, 0.6) is 0 Å². The fourth-order valence-corrected chi connectivity index (χ4v) is 2.24. The maximum atomic E-state index is 12.7. The topological polar surface area (TPSA) is 64.9 Å². The summed E-state index contributed by atoms with van der Waals surface area (Å²) in [5, 5.41) is 3.83. The Kier molecular flexibility index (Phi) is 3.24. The summed E-state index contributed by atoms with van der Waals surface area (Å²) >= 11 is 0. The molecule has 7 heteroatoms. The molecule has 112 valence electrons. The Balaban J connectivity index is 1.78.